The maximum atomic E-state index is 13.5. The number of likely N-dealkylation sites (N-methyl/N-ethyl adjacent to an activating group) is 1. The Bertz CT molecular complexity index is 1850. The Hall–Kier alpha value is -5.27. The van der Waals surface area contributed by atoms with Crippen molar-refractivity contribution in [2.24, 2.45) is 0 Å². The van der Waals surface area contributed by atoms with E-state index in [2.05, 4.69) is 37.8 Å². The van der Waals surface area contributed by atoms with Crippen LogP contribution in [0.4, 0.5) is 5.69 Å². The first kappa shape index (κ1) is 35.0. The minimum absolute atomic E-state index is 0.0318. The lowest BCUT2D eigenvalue weighted by Gasteiger charge is -2.27. The van der Waals surface area contributed by atoms with Gasteiger partial charge in [0, 0.05) is 24.9 Å². The molecule has 256 valence electrons. The molecule has 49 heavy (non-hydrogen) atoms. The van der Waals surface area contributed by atoms with E-state index in [1.807, 2.05) is 53.1 Å². The number of aliphatic carboxylic acids is 1. The second kappa shape index (κ2) is 16.7. The fraction of sp³-hybridized carbons (Fsp3) is 0.314. The van der Waals surface area contributed by atoms with E-state index < -0.39 is 18.0 Å². The average molecular weight is 687 g/mol. The van der Waals surface area contributed by atoms with Crippen molar-refractivity contribution in [2.75, 3.05) is 19.0 Å². The summed E-state index contributed by atoms with van der Waals surface area (Å²) < 4.78 is 7.80. The molecule has 5 aromatic rings. The number of H-pyrrole nitrogens is 1. The van der Waals surface area contributed by atoms with Gasteiger partial charge < -0.3 is 24.8 Å². The Kier molecular flexibility index (Phi) is 12.0. The standard InChI is InChI=1S/C35H39ClN8O5/c1-3-4-13-31-38-33(36)29(21-49-35(48)28(18-19-32(46)47)43(2)22-37-27-11-7-8-12-30(27)45)44(31)20-23-14-16-24(17-15-23)25-9-5-6-10-26(25)34-39-41-42-40-34/h5-12,14-17,28,37,45H,3-4,13,18-22H2,1-2H3,(H,46,47)(H,39,40,41,42)/t28-/m1/s1. The Morgan fingerprint density at radius 2 is 1.80 bits per heavy atom. The molecule has 2 aromatic heterocycles. The SMILES string of the molecule is CCCCc1nc(Cl)c(COC(=O)[C@@H](CCC(=O)O)N(C)CNc2ccccc2O)n1Cc1ccc(-c2ccccc2-c2nn[nH]n2)cc1. The number of esters is 1. The van der Waals surface area contributed by atoms with Gasteiger partial charge in [-0.25, -0.2) is 4.98 Å². The van der Waals surface area contributed by atoms with E-state index in [1.54, 1.807) is 36.2 Å². The van der Waals surface area contributed by atoms with Crippen molar-refractivity contribution in [3.8, 4) is 28.3 Å². The number of aromatic hydroxyl groups is 1. The number of phenols is 1. The molecular weight excluding hydrogens is 648 g/mol. The van der Waals surface area contributed by atoms with Crippen LogP contribution >= 0.6 is 11.6 Å². The first-order valence-corrected chi connectivity index (χ1v) is 16.4. The Morgan fingerprint density at radius 1 is 1.06 bits per heavy atom. The number of rotatable bonds is 17. The number of nitrogens with one attached hydrogen (secondary N) is 2. The predicted octanol–water partition coefficient (Wildman–Crippen LogP) is 5.76. The molecule has 3 aromatic carbocycles. The number of hydrogen-bond acceptors (Lipinski definition) is 10. The number of para-hydroxylation sites is 2. The molecule has 5 rings (SSSR count). The number of carboxylic acid groups (broad SMARTS) is 1. The van der Waals surface area contributed by atoms with Crippen molar-refractivity contribution in [3.63, 3.8) is 0 Å². The molecule has 0 fully saturated rings. The van der Waals surface area contributed by atoms with Crippen molar-refractivity contribution in [2.45, 2.75) is 58.2 Å². The molecule has 0 aliphatic heterocycles. The Morgan fingerprint density at radius 3 is 2.49 bits per heavy atom. The summed E-state index contributed by atoms with van der Waals surface area (Å²) in [5, 5.41) is 37.3. The van der Waals surface area contributed by atoms with Crippen LogP contribution in [0.1, 0.15) is 49.7 Å². The lowest BCUT2D eigenvalue weighted by Crippen LogP contribution is -2.42. The van der Waals surface area contributed by atoms with Crippen LogP contribution in [0.2, 0.25) is 5.15 Å². The van der Waals surface area contributed by atoms with Gasteiger partial charge in [0.05, 0.1) is 18.1 Å². The van der Waals surface area contributed by atoms with Crippen molar-refractivity contribution in [1.29, 1.82) is 0 Å². The maximum absolute atomic E-state index is 13.5. The van der Waals surface area contributed by atoms with Gasteiger partial charge in [0.25, 0.3) is 0 Å². The number of benzene rings is 3. The highest BCUT2D eigenvalue weighted by Crippen LogP contribution is 2.30. The highest BCUT2D eigenvalue weighted by Gasteiger charge is 2.27. The first-order valence-electron chi connectivity index (χ1n) is 16.0. The highest BCUT2D eigenvalue weighted by atomic mass is 35.5. The van der Waals surface area contributed by atoms with Gasteiger partial charge in [0.1, 0.15) is 24.2 Å². The van der Waals surface area contributed by atoms with Crippen LogP contribution in [-0.2, 0) is 33.9 Å². The number of carbonyl (C=O) groups is 2. The molecule has 0 aliphatic rings. The molecule has 0 amide bonds. The van der Waals surface area contributed by atoms with Crippen LogP contribution in [-0.4, -0.2) is 77.0 Å². The van der Waals surface area contributed by atoms with Gasteiger partial charge in [-0.3, -0.25) is 14.5 Å². The number of carbonyl (C=O) groups excluding carboxylic acids is 1. The van der Waals surface area contributed by atoms with Gasteiger partial charge in [-0.15, -0.1) is 10.2 Å². The number of unbranched alkanes of at least 4 members (excludes halogenated alkanes) is 1. The fourth-order valence-electron chi connectivity index (χ4n) is 5.49. The van der Waals surface area contributed by atoms with Gasteiger partial charge in [-0.1, -0.05) is 85.6 Å². The Balaban J connectivity index is 1.33. The number of imidazole rings is 1. The zero-order chi connectivity index (χ0) is 34.8. The van der Waals surface area contributed by atoms with Crippen LogP contribution in [0.25, 0.3) is 22.5 Å². The molecule has 0 spiro atoms. The molecule has 4 N–H and O–H groups in total. The average Bonchev–Trinajstić information content (AvgIpc) is 3.74. The molecule has 2 heterocycles. The van der Waals surface area contributed by atoms with E-state index in [9.17, 15) is 19.8 Å². The maximum Gasteiger partial charge on any atom is 0.323 e. The molecule has 0 radical (unpaired) electrons. The van der Waals surface area contributed by atoms with Crippen LogP contribution in [0.3, 0.4) is 0 Å². The normalized spacial score (nSPS) is 11.8. The third-order valence-corrected chi connectivity index (χ3v) is 8.49. The van der Waals surface area contributed by atoms with Gasteiger partial charge in [-0.2, -0.15) is 5.21 Å². The number of tetrazole rings is 1. The first-order chi connectivity index (χ1) is 23.7. The number of anilines is 1. The van der Waals surface area contributed by atoms with Crippen LogP contribution in [0.5, 0.6) is 5.75 Å². The zero-order valence-electron chi connectivity index (χ0n) is 27.3. The van der Waals surface area contributed by atoms with Crippen LogP contribution in [0.15, 0.2) is 72.8 Å². The summed E-state index contributed by atoms with van der Waals surface area (Å²) in [6, 6.07) is 21.8. The van der Waals surface area contributed by atoms with Gasteiger partial charge in [0.15, 0.2) is 5.15 Å². The van der Waals surface area contributed by atoms with E-state index in [0.29, 0.717) is 30.2 Å². The number of carboxylic acids is 1. The summed E-state index contributed by atoms with van der Waals surface area (Å²) in [5.74, 6) is -0.255. The van der Waals surface area contributed by atoms with Crippen molar-refractivity contribution < 1.29 is 24.5 Å². The van der Waals surface area contributed by atoms with E-state index in [-0.39, 0.29) is 37.0 Å². The predicted molar refractivity (Wildman–Crippen MR) is 185 cm³/mol. The number of aryl methyl sites for hydroxylation is 1. The Labute approximate surface area is 288 Å². The molecule has 14 heteroatoms. The number of aromatic amines is 1. The summed E-state index contributed by atoms with van der Waals surface area (Å²) in [7, 11) is 1.69. The van der Waals surface area contributed by atoms with E-state index in [0.717, 1.165) is 40.9 Å². The van der Waals surface area contributed by atoms with Crippen molar-refractivity contribution in [1.82, 2.24) is 35.1 Å². The topological polar surface area (TPSA) is 171 Å². The van der Waals surface area contributed by atoms with Gasteiger partial charge >= 0.3 is 11.9 Å². The van der Waals surface area contributed by atoms with Crippen LogP contribution < -0.4 is 5.32 Å². The smallest absolute Gasteiger partial charge is 0.323 e. The largest absolute Gasteiger partial charge is 0.506 e. The quantitative estimate of drug-likeness (QED) is 0.0533. The van der Waals surface area contributed by atoms with Crippen molar-refractivity contribution in [3.05, 3.63) is 95.0 Å². The monoisotopic (exact) mass is 686 g/mol. The lowest BCUT2D eigenvalue weighted by atomic mass is 9.98. The molecular formula is C35H39ClN8O5. The minimum atomic E-state index is -1.02. The molecule has 1 atom stereocenters. The number of ether oxygens (including phenoxy) is 1. The summed E-state index contributed by atoms with van der Waals surface area (Å²) in [6.07, 6.45) is 2.38. The molecule has 0 bridgehead atoms. The fourth-order valence-corrected chi connectivity index (χ4v) is 5.74. The molecule has 0 aliphatic carbocycles. The highest BCUT2D eigenvalue weighted by molar-refractivity contribution is 6.30. The third kappa shape index (κ3) is 9.00. The third-order valence-electron chi connectivity index (χ3n) is 8.19. The van der Waals surface area contributed by atoms with E-state index in [4.69, 9.17) is 16.3 Å². The number of phenolic OH excluding ortho intramolecular Hbond substituents is 1. The summed E-state index contributed by atoms with van der Waals surface area (Å²) >= 11 is 6.66. The zero-order valence-corrected chi connectivity index (χ0v) is 28.1. The van der Waals surface area contributed by atoms with Crippen LogP contribution in [0, 0.1) is 0 Å². The molecule has 0 unspecified atom stereocenters. The van der Waals surface area contributed by atoms with E-state index >= 15 is 0 Å². The number of hydrogen-bond donors (Lipinski definition) is 4. The number of halogens is 1. The van der Waals surface area contributed by atoms with E-state index in [1.165, 1.54) is 0 Å². The van der Waals surface area contributed by atoms with Gasteiger partial charge in [0.2, 0.25) is 5.82 Å². The second-order valence-corrected chi connectivity index (χ2v) is 12.0. The summed E-state index contributed by atoms with van der Waals surface area (Å²) in [4.78, 5) is 31.2. The molecule has 13 nitrogen and oxygen atoms in total. The van der Waals surface area contributed by atoms with Gasteiger partial charge in [-0.05, 0) is 53.9 Å². The number of aromatic nitrogens is 6. The molecule has 0 saturated heterocycles. The minimum Gasteiger partial charge on any atom is -0.506 e. The summed E-state index contributed by atoms with van der Waals surface area (Å²) in [6.45, 7) is 2.57. The molecule has 0 saturated carbocycles. The second-order valence-electron chi connectivity index (χ2n) is 11.6. The lowest BCUT2D eigenvalue weighted by molar-refractivity contribution is -0.151. The number of nitrogens with zero attached hydrogens (tertiary/aromatic N) is 6. The summed E-state index contributed by atoms with van der Waals surface area (Å²) in [5.41, 5.74) is 4.85. The van der Waals surface area contributed by atoms with Crippen molar-refractivity contribution >= 4 is 29.2 Å².